The Kier molecular flexibility index (Phi) is 4.24. The van der Waals surface area contributed by atoms with E-state index in [1.807, 2.05) is 38.1 Å². The number of hydrogen-bond donors (Lipinski definition) is 2. The van der Waals surface area contributed by atoms with Crippen LogP contribution in [0.1, 0.15) is 13.8 Å². The van der Waals surface area contributed by atoms with Crippen molar-refractivity contribution in [2.75, 3.05) is 18.2 Å². The van der Waals surface area contributed by atoms with E-state index in [1.165, 1.54) is 11.3 Å². The lowest BCUT2D eigenvalue weighted by molar-refractivity contribution is -0.118. The lowest BCUT2D eigenvalue weighted by Gasteiger charge is -2.03. The summed E-state index contributed by atoms with van der Waals surface area (Å²) in [6, 6.07) is 7.47. The third kappa shape index (κ3) is 3.08. The Balaban J connectivity index is 2.24. The fourth-order valence-corrected chi connectivity index (χ4v) is 2.35. The normalized spacial score (nSPS) is 10.6. The van der Waals surface area contributed by atoms with E-state index in [2.05, 4.69) is 10.3 Å². The second-order valence-electron chi connectivity index (χ2n) is 4.60. The van der Waals surface area contributed by atoms with Gasteiger partial charge in [-0.25, -0.2) is 4.98 Å². The second-order valence-corrected chi connectivity index (χ2v) is 5.63. The molecule has 0 aliphatic carbocycles. The number of aromatic nitrogens is 1. The van der Waals surface area contributed by atoms with Gasteiger partial charge in [0.05, 0.1) is 7.11 Å². The number of hydrogen-bond acceptors (Lipinski definition) is 5. The molecule has 0 bridgehead atoms. The topological polar surface area (TPSA) is 77.2 Å². The van der Waals surface area contributed by atoms with E-state index in [-0.39, 0.29) is 11.8 Å². The maximum Gasteiger partial charge on any atom is 0.228 e. The smallest absolute Gasteiger partial charge is 0.228 e. The first kappa shape index (κ1) is 14.3. The number of nitrogens with one attached hydrogen (secondary N) is 1. The minimum absolute atomic E-state index is 0.0694. The van der Waals surface area contributed by atoms with Gasteiger partial charge in [-0.2, -0.15) is 0 Å². The quantitative estimate of drug-likeness (QED) is 0.907. The van der Waals surface area contributed by atoms with Crippen LogP contribution in [-0.4, -0.2) is 18.0 Å². The van der Waals surface area contributed by atoms with Crippen LogP contribution in [0.15, 0.2) is 24.3 Å². The Morgan fingerprint density at radius 3 is 2.55 bits per heavy atom. The van der Waals surface area contributed by atoms with E-state index in [0.717, 1.165) is 11.3 Å². The Hall–Kier alpha value is -2.08. The van der Waals surface area contributed by atoms with Gasteiger partial charge in [-0.3, -0.25) is 4.79 Å². The van der Waals surface area contributed by atoms with Crippen LogP contribution >= 0.6 is 11.3 Å². The number of nitrogen functional groups attached to an aromatic ring is 1. The molecule has 106 valence electrons. The molecule has 5 nitrogen and oxygen atoms in total. The van der Waals surface area contributed by atoms with Crippen molar-refractivity contribution < 1.29 is 9.53 Å². The molecule has 1 aromatic heterocycles. The first-order chi connectivity index (χ1) is 9.51. The highest BCUT2D eigenvalue weighted by atomic mass is 32.1. The van der Waals surface area contributed by atoms with Gasteiger partial charge in [0, 0.05) is 11.5 Å². The zero-order chi connectivity index (χ0) is 14.7. The van der Waals surface area contributed by atoms with Crippen molar-refractivity contribution in [1.29, 1.82) is 0 Å². The largest absolute Gasteiger partial charge is 0.497 e. The third-order valence-corrected chi connectivity index (χ3v) is 3.57. The minimum Gasteiger partial charge on any atom is -0.497 e. The molecule has 0 unspecified atom stereocenters. The lowest BCUT2D eigenvalue weighted by atomic mass is 10.1. The first-order valence-electron chi connectivity index (χ1n) is 6.23. The fraction of sp³-hybridized carbons (Fsp3) is 0.286. The number of benzene rings is 1. The summed E-state index contributed by atoms with van der Waals surface area (Å²) in [5.74, 6) is 0.612. The highest BCUT2D eigenvalue weighted by Crippen LogP contribution is 2.34. The van der Waals surface area contributed by atoms with Crippen LogP contribution in [0.5, 0.6) is 5.75 Å². The Morgan fingerprint density at radius 1 is 1.35 bits per heavy atom. The molecule has 0 atom stereocenters. The molecule has 3 N–H and O–H groups in total. The highest BCUT2D eigenvalue weighted by molar-refractivity contribution is 7.20. The van der Waals surface area contributed by atoms with Crippen molar-refractivity contribution in [3.63, 3.8) is 0 Å². The molecule has 20 heavy (non-hydrogen) atoms. The number of amides is 1. The lowest BCUT2D eigenvalue weighted by Crippen LogP contribution is -2.17. The number of methoxy groups -OCH3 is 1. The summed E-state index contributed by atoms with van der Waals surface area (Å²) in [6.45, 7) is 3.66. The minimum atomic E-state index is -0.0930. The second kappa shape index (κ2) is 5.92. The standard InChI is InChI=1S/C14H17N3O2S/c1-8(2)13(18)17-14-16-11(12(15)20-14)9-4-6-10(19-3)7-5-9/h4-8H,15H2,1-3H3,(H,16,17,18). The molecule has 0 spiro atoms. The monoisotopic (exact) mass is 291 g/mol. The summed E-state index contributed by atoms with van der Waals surface area (Å²) in [6.07, 6.45) is 0. The maximum atomic E-state index is 11.7. The summed E-state index contributed by atoms with van der Waals surface area (Å²) in [5.41, 5.74) is 7.54. The molecule has 0 saturated heterocycles. The van der Waals surface area contributed by atoms with Crippen LogP contribution in [0.4, 0.5) is 10.1 Å². The zero-order valence-electron chi connectivity index (χ0n) is 11.6. The molecule has 0 saturated carbocycles. The molecular weight excluding hydrogens is 274 g/mol. The number of anilines is 2. The molecule has 0 radical (unpaired) electrons. The molecule has 0 fully saturated rings. The summed E-state index contributed by atoms with van der Waals surface area (Å²) in [7, 11) is 1.62. The van der Waals surface area contributed by atoms with E-state index < -0.39 is 0 Å². The molecule has 0 aliphatic heterocycles. The molecule has 1 heterocycles. The number of rotatable bonds is 4. The summed E-state index contributed by atoms with van der Waals surface area (Å²) in [4.78, 5) is 16.0. The van der Waals surface area contributed by atoms with Crippen LogP contribution in [0.25, 0.3) is 11.3 Å². The van der Waals surface area contributed by atoms with Gasteiger partial charge in [-0.1, -0.05) is 25.2 Å². The SMILES string of the molecule is COc1ccc(-c2nc(NC(=O)C(C)C)sc2N)cc1. The number of carbonyl (C=O) groups excluding carboxylic acids is 1. The van der Waals surface area contributed by atoms with Crippen molar-refractivity contribution in [3.8, 4) is 17.0 Å². The number of ether oxygens (including phenoxy) is 1. The predicted molar refractivity (Wildman–Crippen MR) is 82.0 cm³/mol. The summed E-state index contributed by atoms with van der Waals surface area (Å²) < 4.78 is 5.11. The van der Waals surface area contributed by atoms with Gasteiger partial charge in [0.15, 0.2) is 5.13 Å². The highest BCUT2D eigenvalue weighted by Gasteiger charge is 2.14. The van der Waals surface area contributed by atoms with Crippen molar-refractivity contribution >= 4 is 27.4 Å². The van der Waals surface area contributed by atoms with Gasteiger partial charge in [0.2, 0.25) is 5.91 Å². The van der Waals surface area contributed by atoms with Crippen LogP contribution in [0.2, 0.25) is 0 Å². The Labute approximate surface area is 121 Å². The van der Waals surface area contributed by atoms with Crippen LogP contribution in [-0.2, 0) is 4.79 Å². The van der Waals surface area contributed by atoms with E-state index >= 15 is 0 Å². The van der Waals surface area contributed by atoms with Crippen LogP contribution in [0, 0.1) is 5.92 Å². The predicted octanol–water partition coefficient (Wildman–Crippen LogP) is 3.00. The molecule has 2 rings (SSSR count). The molecule has 2 aromatic rings. The molecule has 1 aromatic carbocycles. The number of nitrogens with two attached hydrogens (primary N) is 1. The van der Waals surface area contributed by atoms with Crippen molar-refractivity contribution in [1.82, 2.24) is 4.98 Å². The number of carbonyl (C=O) groups is 1. The van der Waals surface area contributed by atoms with Gasteiger partial charge in [0.25, 0.3) is 0 Å². The van der Waals surface area contributed by atoms with Crippen molar-refractivity contribution in [3.05, 3.63) is 24.3 Å². The van der Waals surface area contributed by atoms with Gasteiger partial charge in [-0.15, -0.1) is 0 Å². The summed E-state index contributed by atoms with van der Waals surface area (Å²) >= 11 is 1.27. The Bertz CT molecular complexity index is 605. The van der Waals surface area contributed by atoms with E-state index in [1.54, 1.807) is 7.11 Å². The van der Waals surface area contributed by atoms with Crippen LogP contribution < -0.4 is 15.8 Å². The summed E-state index contributed by atoms with van der Waals surface area (Å²) in [5, 5.41) is 3.86. The molecule has 6 heteroatoms. The van der Waals surface area contributed by atoms with Gasteiger partial charge < -0.3 is 15.8 Å². The van der Waals surface area contributed by atoms with Crippen molar-refractivity contribution in [2.24, 2.45) is 5.92 Å². The zero-order valence-corrected chi connectivity index (χ0v) is 12.5. The number of nitrogens with zero attached hydrogens (tertiary/aromatic N) is 1. The van der Waals surface area contributed by atoms with E-state index in [0.29, 0.717) is 15.8 Å². The van der Waals surface area contributed by atoms with Gasteiger partial charge in [0.1, 0.15) is 16.4 Å². The number of thiazole rings is 1. The average Bonchev–Trinajstić information content (AvgIpc) is 2.79. The molecular formula is C14H17N3O2S. The fourth-order valence-electron chi connectivity index (χ4n) is 1.59. The molecule has 1 amide bonds. The average molecular weight is 291 g/mol. The van der Waals surface area contributed by atoms with E-state index in [4.69, 9.17) is 10.5 Å². The first-order valence-corrected chi connectivity index (χ1v) is 7.04. The third-order valence-electron chi connectivity index (χ3n) is 2.77. The van der Waals surface area contributed by atoms with Gasteiger partial charge in [-0.05, 0) is 24.3 Å². The van der Waals surface area contributed by atoms with Crippen molar-refractivity contribution in [2.45, 2.75) is 13.8 Å². The maximum absolute atomic E-state index is 11.7. The van der Waals surface area contributed by atoms with Crippen LogP contribution in [0.3, 0.4) is 0 Å². The molecule has 0 aliphatic rings. The van der Waals surface area contributed by atoms with Gasteiger partial charge >= 0.3 is 0 Å². The Morgan fingerprint density at radius 2 is 2.00 bits per heavy atom. The van der Waals surface area contributed by atoms with E-state index in [9.17, 15) is 4.79 Å².